The number of carbonyl (C=O) groups excluding carboxylic acids is 2. The van der Waals surface area contributed by atoms with Crippen LogP contribution in [0.3, 0.4) is 0 Å². The number of urea groups is 1. The lowest BCUT2D eigenvalue weighted by Crippen LogP contribution is -2.34. The molecule has 0 aromatic heterocycles. The van der Waals surface area contributed by atoms with Crippen LogP contribution < -0.4 is 10.6 Å². The van der Waals surface area contributed by atoms with Gasteiger partial charge in [-0.1, -0.05) is 6.07 Å². The Hall–Kier alpha value is -1.89. The molecular formula is C13H15BrN2O4. The summed E-state index contributed by atoms with van der Waals surface area (Å²) in [7, 11) is 0. The summed E-state index contributed by atoms with van der Waals surface area (Å²) >= 11 is 3.31. The van der Waals surface area contributed by atoms with Crippen LogP contribution in [0, 0.1) is 6.92 Å². The summed E-state index contributed by atoms with van der Waals surface area (Å²) in [6, 6.07) is 4.74. The number of hydrogen-bond donors (Lipinski definition) is 3. The fourth-order valence-electron chi connectivity index (χ4n) is 1.46. The van der Waals surface area contributed by atoms with E-state index in [9.17, 15) is 14.4 Å². The Kier molecular flexibility index (Phi) is 6.17. The summed E-state index contributed by atoms with van der Waals surface area (Å²) in [5.74, 6) is -1.47. The number of imide groups is 1. The van der Waals surface area contributed by atoms with E-state index in [1.165, 1.54) is 0 Å². The van der Waals surface area contributed by atoms with Crippen LogP contribution in [-0.4, -0.2) is 23.0 Å². The fraction of sp³-hybridized carbons (Fsp3) is 0.308. The van der Waals surface area contributed by atoms with E-state index in [1.807, 2.05) is 19.1 Å². The van der Waals surface area contributed by atoms with Crippen LogP contribution in [0.25, 0.3) is 0 Å². The summed E-state index contributed by atoms with van der Waals surface area (Å²) in [4.78, 5) is 33.3. The van der Waals surface area contributed by atoms with Gasteiger partial charge in [0.2, 0.25) is 5.91 Å². The second-order valence-corrected chi connectivity index (χ2v) is 5.09. The largest absolute Gasteiger partial charge is 0.481 e. The van der Waals surface area contributed by atoms with Gasteiger partial charge in [0.1, 0.15) is 0 Å². The van der Waals surface area contributed by atoms with Gasteiger partial charge in [-0.15, -0.1) is 0 Å². The number of rotatable bonds is 5. The van der Waals surface area contributed by atoms with E-state index in [0.29, 0.717) is 10.2 Å². The third-order valence-electron chi connectivity index (χ3n) is 2.42. The molecule has 0 heterocycles. The topological polar surface area (TPSA) is 95.5 Å². The number of carbonyl (C=O) groups is 3. The molecule has 0 aliphatic carbocycles. The first kappa shape index (κ1) is 16.2. The summed E-state index contributed by atoms with van der Waals surface area (Å²) in [5.41, 5.74) is 1.58. The minimum Gasteiger partial charge on any atom is -0.481 e. The quantitative estimate of drug-likeness (QED) is 0.766. The van der Waals surface area contributed by atoms with Gasteiger partial charge in [0.15, 0.2) is 0 Å². The molecule has 0 unspecified atom stereocenters. The molecule has 0 atom stereocenters. The van der Waals surface area contributed by atoms with E-state index >= 15 is 0 Å². The van der Waals surface area contributed by atoms with Crippen molar-refractivity contribution in [3.63, 3.8) is 0 Å². The van der Waals surface area contributed by atoms with E-state index in [-0.39, 0.29) is 19.3 Å². The number of benzene rings is 1. The maximum Gasteiger partial charge on any atom is 0.325 e. The molecule has 1 rings (SSSR count). The average molecular weight is 343 g/mol. The number of carboxylic acid groups (broad SMARTS) is 1. The zero-order valence-electron chi connectivity index (χ0n) is 10.9. The molecular weight excluding hydrogens is 328 g/mol. The summed E-state index contributed by atoms with van der Waals surface area (Å²) in [5, 5.41) is 13.1. The van der Waals surface area contributed by atoms with Crippen molar-refractivity contribution in [1.82, 2.24) is 5.32 Å². The van der Waals surface area contributed by atoms with Crippen LogP contribution in [0.15, 0.2) is 22.7 Å². The van der Waals surface area contributed by atoms with Crippen LogP contribution in [0.5, 0.6) is 0 Å². The first-order valence-electron chi connectivity index (χ1n) is 5.97. The lowest BCUT2D eigenvalue weighted by atomic mass is 10.2. The molecule has 0 bridgehead atoms. The second-order valence-electron chi connectivity index (χ2n) is 4.23. The van der Waals surface area contributed by atoms with Gasteiger partial charge in [0.25, 0.3) is 0 Å². The van der Waals surface area contributed by atoms with Crippen molar-refractivity contribution in [1.29, 1.82) is 0 Å². The smallest absolute Gasteiger partial charge is 0.325 e. The Morgan fingerprint density at radius 3 is 2.55 bits per heavy atom. The van der Waals surface area contributed by atoms with Gasteiger partial charge in [-0.25, -0.2) is 4.79 Å². The molecule has 3 N–H and O–H groups in total. The molecule has 0 aliphatic rings. The minimum atomic E-state index is -0.967. The monoisotopic (exact) mass is 342 g/mol. The summed E-state index contributed by atoms with van der Waals surface area (Å²) in [6.07, 6.45) is 0.0933. The van der Waals surface area contributed by atoms with Crippen molar-refractivity contribution >= 4 is 39.5 Å². The van der Waals surface area contributed by atoms with Crippen molar-refractivity contribution in [3.05, 3.63) is 28.2 Å². The first-order valence-corrected chi connectivity index (χ1v) is 6.76. The molecule has 3 amide bonds. The lowest BCUT2D eigenvalue weighted by Gasteiger charge is -2.08. The van der Waals surface area contributed by atoms with E-state index in [0.717, 1.165) is 5.56 Å². The Morgan fingerprint density at radius 2 is 1.95 bits per heavy atom. The molecule has 0 aliphatic heterocycles. The predicted molar refractivity (Wildman–Crippen MR) is 77.5 cm³/mol. The Balaban J connectivity index is 2.43. The molecule has 0 saturated carbocycles. The van der Waals surface area contributed by atoms with Crippen LogP contribution in [0.1, 0.15) is 24.8 Å². The average Bonchev–Trinajstić information content (AvgIpc) is 2.32. The van der Waals surface area contributed by atoms with Crippen molar-refractivity contribution in [3.8, 4) is 0 Å². The van der Waals surface area contributed by atoms with E-state index in [1.54, 1.807) is 6.07 Å². The maximum absolute atomic E-state index is 11.6. The molecule has 1 aromatic carbocycles. The molecule has 0 saturated heterocycles. The van der Waals surface area contributed by atoms with Gasteiger partial charge in [0.05, 0.1) is 5.69 Å². The standard InChI is InChI=1S/C13H15BrN2O4/c1-8-5-6-10(9(14)7-8)15-13(20)16-11(17)3-2-4-12(18)19/h5-7H,2-4H2,1H3,(H,18,19)(H2,15,16,17,20). The van der Waals surface area contributed by atoms with Crippen LogP contribution in [0.2, 0.25) is 0 Å². The molecule has 0 radical (unpaired) electrons. The van der Waals surface area contributed by atoms with Crippen molar-refractivity contribution in [2.75, 3.05) is 5.32 Å². The highest BCUT2D eigenvalue weighted by molar-refractivity contribution is 9.10. The Bertz CT molecular complexity index is 531. The van der Waals surface area contributed by atoms with Crippen LogP contribution >= 0.6 is 15.9 Å². The normalized spacial score (nSPS) is 9.90. The summed E-state index contributed by atoms with van der Waals surface area (Å²) < 4.78 is 0.714. The zero-order valence-corrected chi connectivity index (χ0v) is 12.5. The molecule has 6 nitrogen and oxygen atoms in total. The van der Waals surface area contributed by atoms with Gasteiger partial charge in [0, 0.05) is 17.3 Å². The van der Waals surface area contributed by atoms with Crippen molar-refractivity contribution in [2.24, 2.45) is 0 Å². The number of aliphatic carboxylic acids is 1. The van der Waals surface area contributed by atoms with Gasteiger partial charge >= 0.3 is 12.0 Å². The van der Waals surface area contributed by atoms with Gasteiger partial charge in [-0.2, -0.15) is 0 Å². The summed E-state index contributed by atoms with van der Waals surface area (Å²) in [6.45, 7) is 1.92. The van der Waals surface area contributed by atoms with E-state index < -0.39 is 17.9 Å². The number of carboxylic acids is 1. The fourth-order valence-corrected chi connectivity index (χ4v) is 2.06. The predicted octanol–water partition coefficient (Wildman–Crippen LogP) is 2.66. The first-order chi connectivity index (χ1) is 9.38. The number of amides is 3. The highest BCUT2D eigenvalue weighted by atomic mass is 79.9. The van der Waals surface area contributed by atoms with Crippen molar-refractivity contribution < 1.29 is 19.5 Å². The number of hydrogen-bond acceptors (Lipinski definition) is 3. The highest BCUT2D eigenvalue weighted by Gasteiger charge is 2.10. The highest BCUT2D eigenvalue weighted by Crippen LogP contribution is 2.23. The number of aryl methyl sites for hydroxylation is 1. The van der Waals surface area contributed by atoms with Gasteiger partial charge in [-0.3, -0.25) is 14.9 Å². The number of nitrogens with one attached hydrogen (secondary N) is 2. The maximum atomic E-state index is 11.6. The Morgan fingerprint density at radius 1 is 1.25 bits per heavy atom. The molecule has 0 spiro atoms. The van der Waals surface area contributed by atoms with E-state index in [4.69, 9.17) is 5.11 Å². The minimum absolute atomic E-state index is 0.00517. The number of halogens is 1. The molecule has 1 aromatic rings. The van der Waals surface area contributed by atoms with Gasteiger partial charge in [-0.05, 0) is 47.0 Å². The van der Waals surface area contributed by atoms with Gasteiger partial charge < -0.3 is 10.4 Å². The molecule has 0 fully saturated rings. The number of anilines is 1. The molecule has 20 heavy (non-hydrogen) atoms. The van der Waals surface area contributed by atoms with E-state index in [2.05, 4.69) is 26.6 Å². The van der Waals surface area contributed by atoms with Crippen LogP contribution in [0.4, 0.5) is 10.5 Å². The second kappa shape index (κ2) is 7.64. The lowest BCUT2D eigenvalue weighted by molar-refractivity contribution is -0.137. The third kappa shape index (κ3) is 5.83. The third-order valence-corrected chi connectivity index (χ3v) is 3.08. The molecule has 7 heteroatoms. The Labute approximate surface area is 124 Å². The SMILES string of the molecule is Cc1ccc(NC(=O)NC(=O)CCCC(=O)O)c(Br)c1. The zero-order chi connectivity index (χ0) is 15.1. The van der Waals surface area contributed by atoms with Crippen molar-refractivity contribution in [2.45, 2.75) is 26.2 Å². The molecule has 108 valence electrons. The van der Waals surface area contributed by atoms with Crippen LogP contribution in [-0.2, 0) is 9.59 Å².